The molecule has 0 aromatic carbocycles. The normalized spacial score (nSPS) is 26.4. The van der Waals surface area contributed by atoms with Gasteiger partial charge in [-0.1, -0.05) is 12.2 Å². The lowest BCUT2D eigenvalue weighted by Gasteiger charge is -2.22. The molecule has 1 saturated carbocycles. The highest BCUT2D eigenvalue weighted by Crippen LogP contribution is 2.33. The molecule has 1 N–H and O–H groups in total. The van der Waals surface area contributed by atoms with Crippen molar-refractivity contribution in [2.24, 2.45) is 11.8 Å². The number of nitrogens with one attached hydrogen (secondary N) is 1. The lowest BCUT2D eigenvalue weighted by Crippen LogP contribution is -2.42. The molecule has 3 heteroatoms. The molecule has 0 aromatic rings. The molecule has 0 saturated heterocycles. The van der Waals surface area contributed by atoms with E-state index < -0.39 is 0 Å². The predicted octanol–water partition coefficient (Wildman–Crippen LogP) is 1.88. The zero-order chi connectivity index (χ0) is 11.4. The van der Waals surface area contributed by atoms with Gasteiger partial charge in [-0.2, -0.15) is 0 Å². The van der Waals surface area contributed by atoms with Crippen LogP contribution in [0.4, 0.5) is 0 Å². The summed E-state index contributed by atoms with van der Waals surface area (Å²) in [4.78, 5) is 11.6. The first kappa shape index (κ1) is 11.6. The van der Waals surface area contributed by atoms with E-state index in [-0.39, 0.29) is 12.0 Å². The maximum absolute atomic E-state index is 11.6. The molecule has 2 unspecified atom stereocenters. The van der Waals surface area contributed by atoms with Gasteiger partial charge in [0.2, 0.25) is 0 Å². The summed E-state index contributed by atoms with van der Waals surface area (Å²) >= 11 is 0. The summed E-state index contributed by atoms with van der Waals surface area (Å²) in [6.07, 6.45) is 10.4. The van der Waals surface area contributed by atoms with Crippen molar-refractivity contribution >= 4 is 5.97 Å². The number of carbonyl (C=O) groups excluding carboxylic acids is 1. The van der Waals surface area contributed by atoms with E-state index in [4.69, 9.17) is 4.74 Å². The molecule has 3 nitrogen and oxygen atoms in total. The van der Waals surface area contributed by atoms with Crippen molar-refractivity contribution in [1.29, 1.82) is 0 Å². The average molecular weight is 223 g/mol. The maximum Gasteiger partial charge on any atom is 0.323 e. The molecule has 0 aliphatic heterocycles. The third-order valence-corrected chi connectivity index (χ3v) is 3.55. The van der Waals surface area contributed by atoms with Crippen molar-refractivity contribution in [3.05, 3.63) is 12.2 Å². The van der Waals surface area contributed by atoms with Gasteiger partial charge in [0.05, 0.1) is 7.11 Å². The fourth-order valence-electron chi connectivity index (χ4n) is 2.33. The number of hydrogen-bond donors (Lipinski definition) is 1. The molecule has 2 aliphatic rings. The Morgan fingerprint density at radius 2 is 2.25 bits per heavy atom. The number of carbonyl (C=O) groups is 1. The molecule has 0 bridgehead atoms. The maximum atomic E-state index is 11.6. The number of rotatable bonds is 5. The largest absolute Gasteiger partial charge is 0.468 e. The van der Waals surface area contributed by atoms with Crippen molar-refractivity contribution in [3.8, 4) is 0 Å². The summed E-state index contributed by atoms with van der Waals surface area (Å²) in [5.41, 5.74) is 0. The van der Waals surface area contributed by atoms with Gasteiger partial charge in [0.1, 0.15) is 6.04 Å². The third-order valence-electron chi connectivity index (χ3n) is 3.55. The number of hydrogen-bond acceptors (Lipinski definition) is 3. The van der Waals surface area contributed by atoms with Crippen molar-refractivity contribution in [1.82, 2.24) is 5.32 Å². The van der Waals surface area contributed by atoms with Crippen molar-refractivity contribution in [3.63, 3.8) is 0 Å². The van der Waals surface area contributed by atoms with Crippen LogP contribution in [0.2, 0.25) is 0 Å². The third kappa shape index (κ3) is 3.08. The van der Waals surface area contributed by atoms with Crippen LogP contribution in [-0.4, -0.2) is 25.7 Å². The van der Waals surface area contributed by atoms with Gasteiger partial charge in [0, 0.05) is 0 Å². The second kappa shape index (κ2) is 5.48. The molecular formula is C13H21NO2. The highest BCUT2D eigenvalue weighted by molar-refractivity contribution is 5.76. The molecule has 0 radical (unpaired) electrons. The zero-order valence-electron chi connectivity index (χ0n) is 9.95. The molecule has 0 heterocycles. The van der Waals surface area contributed by atoms with Crippen LogP contribution in [0.1, 0.15) is 32.1 Å². The Kier molecular flexibility index (Phi) is 3.99. The van der Waals surface area contributed by atoms with E-state index in [2.05, 4.69) is 17.5 Å². The molecule has 0 aromatic heterocycles. The SMILES string of the molecule is COC(=O)C(NCC1CC=CCC1)C1CC1. The Morgan fingerprint density at radius 1 is 1.44 bits per heavy atom. The molecule has 0 spiro atoms. The summed E-state index contributed by atoms with van der Waals surface area (Å²) in [5, 5.41) is 3.39. The molecule has 2 atom stereocenters. The second-order valence-corrected chi connectivity index (χ2v) is 4.90. The Balaban J connectivity index is 1.77. The van der Waals surface area contributed by atoms with Crippen LogP contribution in [0, 0.1) is 11.8 Å². The van der Waals surface area contributed by atoms with Crippen LogP contribution in [0.3, 0.4) is 0 Å². The minimum atomic E-state index is -0.0890. The summed E-state index contributed by atoms with van der Waals surface area (Å²) in [7, 11) is 1.47. The van der Waals surface area contributed by atoms with E-state index in [1.165, 1.54) is 20.0 Å². The molecule has 1 fully saturated rings. The standard InChI is InChI=1S/C13H21NO2/c1-16-13(15)12(11-7-8-11)14-9-10-5-3-2-4-6-10/h2-3,10-12,14H,4-9H2,1H3. The van der Waals surface area contributed by atoms with Crippen molar-refractivity contribution in [2.75, 3.05) is 13.7 Å². The topological polar surface area (TPSA) is 38.3 Å². The highest BCUT2D eigenvalue weighted by atomic mass is 16.5. The van der Waals surface area contributed by atoms with Gasteiger partial charge in [0.25, 0.3) is 0 Å². The van der Waals surface area contributed by atoms with E-state index in [9.17, 15) is 4.79 Å². The summed E-state index contributed by atoms with van der Waals surface area (Å²) in [6, 6.07) is -0.0593. The number of esters is 1. The smallest absolute Gasteiger partial charge is 0.323 e. The Bertz CT molecular complexity index is 271. The number of allylic oxidation sites excluding steroid dienone is 2. The zero-order valence-corrected chi connectivity index (χ0v) is 9.95. The fourth-order valence-corrected chi connectivity index (χ4v) is 2.33. The van der Waals surface area contributed by atoms with Crippen LogP contribution in [0.15, 0.2) is 12.2 Å². The van der Waals surface area contributed by atoms with E-state index in [0.29, 0.717) is 11.8 Å². The fraction of sp³-hybridized carbons (Fsp3) is 0.769. The molecule has 16 heavy (non-hydrogen) atoms. The second-order valence-electron chi connectivity index (χ2n) is 4.90. The van der Waals surface area contributed by atoms with Crippen LogP contribution in [0.5, 0.6) is 0 Å². The van der Waals surface area contributed by atoms with Crippen LogP contribution < -0.4 is 5.32 Å². The van der Waals surface area contributed by atoms with Crippen LogP contribution in [-0.2, 0) is 9.53 Å². The molecule has 2 rings (SSSR count). The van der Waals surface area contributed by atoms with E-state index in [0.717, 1.165) is 25.8 Å². The molecule has 0 amide bonds. The van der Waals surface area contributed by atoms with E-state index >= 15 is 0 Å². The number of methoxy groups -OCH3 is 1. The first-order valence-corrected chi connectivity index (χ1v) is 6.27. The van der Waals surface area contributed by atoms with Crippen LogP contribution >= 0.6 is 0 Å². The van der Waals surface area contributed by atoms with Gasteiger partial charge in [-0.3, -0.25) is 4.79 Å². The van der Waals surface area contributed by atoms with Gasteiger partial charge in [0.15, 0.2) is 0 Å². The quantitative estimate of drug-likeness (QED) is 0.571. The molecule has 90 valence electrons. The highest BCUT2D eigenvalue weighted by Gasteiger charge is 2.36. The van der Waals surface area contributed by atoms with Crippen molar-refractivity contribution < 1.29 is 9.53 Å². The molecule has 2 aliphatic carbocycles. The van der Waals surface area contributed by atoms with Crippen LogP contribution in [0.25, 0.3) is 0 Å². The Hall–Kier alpha value is -0.830. The van der Waals surface area contributed by atoms with E-state index in [1.54, 1.807) is 0 Å². The summed E-state index contributed by atoms with van der Waals surface area (Å²) in [6.45, 7) is 0.945. The first-order valence-electron chi connectivity index (χ1n) is 6.27. The van der Waals surface area contributed by atoms with Gasteiger partial charge >= 0.3 is 5.97 Å². The van der Waals surface area contributed by atoms with Gasteiger partial charge in [-0.15, -0.1) is 0 Å². The summed E-state index contributed by atoms with van der Waals surface area (Å²) in [5.74, 6) is 1.12. The first-order chi connectivity index (χ1) is 7.81. The monoisotopic (exact) mass is 223 g/mol. The lowest BCUT2D eigenvalue weighted by molar-refractivity contribution is -0.143. The minimum Gasteiger partial charge on any atom is -0.468 e. The average Bonchev–Trinajstić information content (AvgIpc) is 3.15. The number of ether oxygens (including phenoxy) is 1. The predicted molar refractivity (Wildman–Crippen MR) is 63.0 cm³/mol. The van der Waals surface area contributed by atoms with Gasteiger partial charge < -0.3 is 10.1 Å². The molecular weight excluding hydrogens is 202 g/mol. The van der Waals surface area contributed by atoms with Gasteiger partial charge in [-0.25, -0.2) is 0 Å². The summed E-state index contributed by atoms with van der Waals surface area (Å²) < 4.78 is 4.84. The minimum absolute atomic E-state index is 0.0593. The lowest BCUT2D eigenvalue weighted by atomic mass is 9.94. The Labute approximate surface area is 97.2 Å². The van der Waals surface area contributed by atoms with Crippen molar-refractivity contribution in [2.45, 2.75) is 38.1 Å². The van der Waals surface area contributed by atoms with Gasteiger partial charge in [-0.05, 0) is 50.5 Å². The van der Waals surface area contributed by atoms with E-state index in [1.807, 2.05) is 0 Å². The Morgan fingerprint density at radius 3 is 2.81 bits per heavy atom.